The molecule has 0 bridgehead atoms. The number of methoxy groups -OCH3 is 1. The molecule has 3 aliphatic rings. The molecule has 0 saturated carbocycles. The molecule has 0 spiro atoms. The Balaban J connectivity index is 0.000000256. The third-order valence-electron chi connectivity index (χ3n) is 11.8. The smallest absolute Gasteiger partial charge is 0.414 e. The number of ketones is 2. The first-order chi connectivity index (χ1) is 33.8. The number of para-hydroxylation sites is 1. The van der Waals surface area contributed by atoms with Crippen molar-refractivity contribution in [2.75, 3.05) is 61.9 Å². The van der Waals surface area contributed by atoms with E-state index in [1.807, 2.05) is 47.9 Å². The molecular weight excluding hydrogens is 1010 g/mol. The van der Waals surface area contributed by atoms with E-state index in [1.165, 1.54) is 19.2 Å². The predicted molar refractivity (Wildman–Crippen MR) is 282 cm³/mol. The van der Waals surface area contributed by atoms with Crippen LogP contribution >= 0.6 is 58.8 Å². The number of amides is 4. The van der Waals surface area contributed by atoms with Gasteiger partial charge in [-0.05, 0) is 92.4 Å². The topological polar surface area (TPSA) is 167 Å². The van der Waals surface area contributed by atoms with Gasteiger partial charge in [-0.2, -0.15) is 0 Å². The maximum atomic E-state index is 13.2. The van der Waals surface area contributed by atoms with Crippen LogP contribution in [-0.2, 0) is 25.7 Å². The fourth-order valence-electron chi connectivity index (χ4n) is 8.31. The van der Waals surface area contributed by atoms with Crippen molar-refractivity contribution in [3.8, 4) is 0 Å². The van der Waals surface area contributed by atoms with E-state index >= 15 is 0 Å². The quantitative estimate of drug-likeness (QED) is 0.102. The summed E-state index contributed by atoms with van der Waals surface area (Å²) in [5.74, 6) is -1.12. The summed E-state index contributed by atoms with van der Waals surface area (Å²) in [6.07, 6.45) is 2.10. The van der Waals surface area contributed by atoms with Gasteiger partial charge in [-0.15, -0.1) is 12.4 Å². The molecule has 0 unspecified atom stereocenters. The number of carbonyl (C=O) groups is 6. The van der Waals surface area contributed by atoms with Crippen molar-refractivity contribution in [2.45, 2.75) is 58.2 Å². The van der Waals surface area contributed by atoms with E-state index < -0.39 is 6.09 Å². The largest absolute Gasteiger partial charge is 0.453 e. The van der Waals surface area contributed by atoms with E-state index in [0.717, 1.165) is 24.1 Å². The van der Waals surface area contributed by atoms with E-state index in [-0.39, 0.29) is 84.8 Å². The Morgan fingerprint density at radius 1 is 0.620 bits per heavy atom. The van der Waals surface area contributed by atoms with Crippen LogP contribution in [0.25, 0.3) is 0 Å². The van der Waals surface area contributed by atoms with Crippen LogP contribution in [0.15, 0.2) is 109 Å². The molecule has 3 aliphatic heterocycles. The number of likely N-dealkylation sites (tertiary alicyclic amines) is 2. The third-order valence-corrected chi connectivity index (χ3v) is 12.9. The van der Waals surface area contributed by atoms with Crippen molar-refractivity contribution >= 4 is 111 Å². The number of hydrogen-bond donors (Lipinski definition) is 3. The van der Waals surface area contributed by atoms with E-state index in [0.29, 0.717) is 81.6 Å². The van der Waals surface area contributed by atoms with Gasteiger partial charge in [-0.1, -0.05) is 103 Å². The van der Waals surface area contributed by atoms with Crippen molar-refractivity contribution in [3.05, 3.63) is 157 Å². The summed E-state index contributed by atoms with van der Waals surface area (Å²) in [5, 5.41) is 9.87. The number of anilines is 3. The summed E-state index contributed by atoms with van der Waals surface area (Å²) in [6, 6.07) is 30.8. The number of fused-ring (bicyclic) bond motifs is 1. The first-order valence-electron chi connectivity index (χ1n) is 22.9. The van der Waals surface area contributed by atoms with Crippen molar-refractivity contribution in [1.29, 1.82) is 0 Å². The molecule has 0 atom stereocenters. The summed E-state index contributed by atoms with van der Waals surface area (Å²) >= 11 is 24.6. The number of benzene rings is 5. The second kappa shape index (κ2) is 27.2. The summed E-state index contributed by atoms with van der Waals surface area (Å²) in [7, 11) is 1.33. The van der Waals surface area contributed by atoms with Crippen molar-refractivity contribution in [3.63, 3.8) is 0 Å². The number of rotatable bonds is 12. The van der Waals surface area contributed by atoms with Gasteiger partial charge in [0.05, 0.1) is 47.3 Å². The van der Waals surface area contributed by atoms with Crippen LogP contribution in [0, 0.1) is 0 Å². The van der Waals surface area contributed by atoms with Gasteiger partial charge in [0.2, 0.25) is 11.8 Å². The van der Waals surface area contributed by atoms with E-state index in [2.05, 4.69) is 20.7 Å². The highest BCUT2D eigenvalue weighted by atomic mass is 35.5. The summed E-state index contributed by atoms with van der Waals surface area (Å²) < 4.78 is 9.99. The lowest BCUT2D eigenvalue weighted by molar-refractivity contribution is -0.118. The highest BCUT2D eigenvalue weighted by molar-refractivity contribution is 6.36. The van der Waals surface area contributed by atoms with Crippen LogP contribution in [0.1, 0.15) is 76.9 Å². The van der Waals surface area contributed by atoms with Crippen LogP contribution in [0.5, 0.6) is 0 Å². The Kier molecular flexibility index (Phi) is 21.5. The van der Waals surface area contributed by atoms with Crippen LogP contribution in [-0.4, -0.2) is 104 Å². The van der Waals surface area contributed by atoms with Crippen LogP contribution in [0.2, 0.25) is 20.1 Å². The molecule has 2 fully saturated rings. The van der Waals surface area contributed by atoms with E-state index in [9.17, 15) is 28.8 Å². The number of hydrogen-bond acceptors (Lipinski definition) is 10. The number of piperidine rings is 2. The zero-order valence-corrected chi connectivity index (χ0v) is 43.2. The first-order valence-corrected chi connectivity index (χ1v) is 24.4. The molecule has 376 valence electrons. The molecule has 0 aromatic heterocycles. The minimum absolute atomic E-state index is 0. The van der Waals surface area contributed by atoms with Gasteiger partial charge in [0.15, 0.2) is 11.6 Å². The van der Waals surface area contributed by atoms with Crippen LogP contribution in [0.3, 0.4) is 0 Å². The molecule has 0 aliphatic carbocycles. The summed E-state index contributed by atoms with van der Waals surface area (Å²) in [6.45, 7) is 7.24. The normalized spacial score (nSPS) is 14.9. The zero-order chi connectivity index (χ0) is 50.3. The number of alkyl carbamates (subject to hydrolysis) is 1. The average Bonchev–Trinajstić information content (AvgIpc) is 3.36. The predicted octanol–water partition coefficient (Wildman–Crippen LogP) is 11.2. The maximum Gasteiger partial charge on any atom is 0.414 e. The van der Waals surface area contributed by atoms with Gasteiger partial charge in [0.25, 0.3) is 0 Å². The molecule has 4 amide bonds. The van der Waals surface area contributed by atoms with Gasteiger partial charge < -0.3 is 25.4 Å². The number of ether oxygens (including phenoxy) is 2. The standard InChI is InChI=1S/C28H25Cl2N3O4.C22H23Cl2N3O4.C2H6.ClH/c29-19-9-10-24(22(15-19)27(35)21-6-2-3-7-23(21)30)31-26(34)16-32-13-11-20(12-14-32)33-25-8-4-1-5-18(25)17-37-28(33)36;1-31-22(30)25-15-8-10-27(11-9-15)13-20(28)26-19-7-6-14(23)12-17(19)21(29)16-4-2-3-5-18(16)24;1-2;/h1-10,15,20H,11-14,16-17H2,(H,31,34);2-7,12,15H,8-11,13H2,1H3,(H,25,30)(H,26,28);1-2H3;1H. The number of nitrogens with one attached hydrogen (secondary N) is 3. The van der Waals surface area contributed by atoms with Crippen molar-refractivity contribution in [2.24, 2.45) is 0 Å². The Morgan fingerprint density at radius 2 is 1.07 bits per heavy atom. The molecule has 5 aromatic carbocycles. The summed E-state index contributed by atoms with van der Waals surface area (Å²) in [4.78, 5) is 81.4. The molecule has 19 heteroatoms. The fraction of sp³-hybridized carbons (Fsp3) is 0.308. The molecule has 2 saturated heterocycles. The number of halogens is 5. The molecule has 3 heterocycles. The van der Waals surface area contributed by atoms with Crippen LogP contribution in [0.4, 0.5) is 26.7 Å². The van der Waals surface area contributed by atoms with Crippen LogP contribution < -0.4 is 20.9 Å². The monoisotopic (exact) mass is 1070 g/mol. The Bertz CT molecular complexity index is 2690. The van der Waals surface area contributed by atoms with Gasteiger partial charge >= 0.3 is 12.2 Å². The molecule has 8 rings (SSSR count). The minimum atomic E-state index is -0.449. The minimum Gasteiger partial charge on any atom is -0.453 e. The highest BCUT2D eigenvalue weighted by Gasteiger charge is 2.34. The summed E-state index contributed by atoms with van der Waals surface area (Å²) in [5.41, 5.74) is 3.86. The molecule has 71 heavy (non-hydrogen) atoms. The van der Waals surface area contributed by atoms with Gasteiger partial charge in [-0.25, -0.2) is 9.59 Å². The second-order valence-corrected chi connectivity index (χ2v) is 18.0. The first kappa shape index (κ1) is 56.2. The lowest BCUT2D eigenvalue weighted by Crippen LogP contribution is -2.50. The molecule has 5 aromatic rings. The van der Waals surface area contributed by atoms with Gasteiger partial charge in [0, 0.05) is 76.1 Å². The van der Waals surface area contributed by atoms with E-state index in [4.69, 9.17) is 51.1 Å². The number of carbonyl (C=O) groups excluding carboxylic acids is 6. The molecule has 0 radical (unpaired) electrons. The molecule has 14 nitrogen and oxygen atoms in total. The SMILES string of the molecule is CC.COC(=O)NC1CCN(CC(=O)Nc2ccc(Cl)cc2C(=O)c2ccccc2Cl)CC1.Cl.O=C(CN1CCC(N2C(=O)OCc3ccccc32)CC1)Nc1ccc(Cl)cc1C(=O)c1ccccc1Cl. The van der Waals surface area contributed by atoms with Crippen molar-refractivity contribution < 1.29 is 38.2 Å². The Morgan fingerprint density at radius 3 is 1.55 bits per heavy atom. The Labute approximate surface area is 439 Å². The second-order valence-electron chi connectivity index (χ2n) is 16.3. The Hall–Kier alpha value is -5.71. The van der Waals surface area contributed by atoms with E-state index in [1.54, 1.807) is 77.7 Å². The third kappa shape index (κ3) is 15.2. The maximum absolute atomic E-state index is 13.2. The lowest BCUT2D eigenvalue weighted by Gasteiger charge is -2.40. The fourth-order valence-corrected chi connectivity index (χ4v) is 9.10. The molecular formula is C52H55Cl5N6O8. The van der Waals surface area contributed by atoms with Gasteiger partial charge in [0.1, 0.15) is 6.61 Å². The molecule has 3 N–H and O–H groups in total. The number of cyclic esters (lactones) is 1. The highest BCUT2D eigenvalue weighted by Crippen LogP contribution is 2.33. The average molecular weight is 1070 g/mol. The van der Waals surface area contributed by atoms with Gasteiger partial charge in [-0.3, -0.25) is 33.9 Å². The lowest BCUT2D eigenvalue weighted by atomic mass is 10.0. The zero-order valence-electron chi connectivity index (χ0n) is 39.4. The van der Waals surface area contributed by atoms with Crippen molar-refractivity contribution in [1.82, 2.24) is 15.1 Å². The number of nitrogens with zero attached hydrogens (tertiary/aromatic N) is 3.